The molecule has 0 unspecified atom stereocenters. The molecule has 0 N–H and O–H groups in total. The van der Waals surface area contributed by atoms with E-state index >= 15 is 0 Å². The molecule has 0 bridgehead atoms. The summed E-state index contributed by atoms with van der Waals surface area (Å²) in [6, 6.07) is 20.8. The van der Waals surface area contributed by atoms with E-state index in [1.165, 1.54) is 12.5 Å². The van der Waals surface area contributed by atoms with Crippen molar-refractivity contribution in [3.05, 3.63) is 89.2 Å². The van der Waals surface area contributed by atoms with Crippen LogP contribution in [0.1, 0.15) is 42.9 Å². The van der Waals surface area contributed by atoms with Crippen molar-refractivity contribution in [1.82, 2.24) is 0 Å². The van der Waals surface area contributed by atoms with Crippen LogP contribution >= 0.6 is 12.2 Å². The second kappa shape index (κ2) is 10.9. The Morgan fingerprint density at radius 1 is 0.800 bits per heavy atom. The van der Waals surface area contributed by atoms with E-state index in [1.807, 2.05) is 36.4 Å². The number of halogens is 1. The van der Waals surface area contributed by atoms with Crippen molar-refractivity contribution in [2.75, 3.05) is 0 Å². The first-order valence-corrected chi connectivity index (χ1v) is 10.2. The SMILES string of the molecule is CCCCC#Cc1ccc(-c2ccc(C#Cc3ccc(N=C=S)c(F)c3)cc2)cc1. The van der Waals surface area contributed by atoms with E-state index in [0.29, 0.717) is 5.56 Å². The normalized spacial score (nSPS) is 9.53. The first-order valence-electron chi connectivity index (χ1n) is 9.78. The predicted octanol–water partition coefficient (Wildman–Crippen LogP) is 7.17. The van der Waals surface area contributed by atoms with E-state index in [9.17, 15) is 4.39 Å². The van der Waals surface area contributed by atoms with Crippen LogP contribution in [0.2, 0.25) is 0 Å². The molecule has 0 amide bonds. The monoisotopic (exact) mass is 409 g/mol. The molecule has 0 aliphatic carbocycles. The van der Waals surface area contributed by atoms with Gasteiger partial charge in [0, 0.05) is 23.1 Å². The van der Waals surface area contributed by atoms with Crippen LogP contribution in [0.15, 0.2) is 71.7 Å². The quantitative estimate of drug-likeness (QED) is 0.193. The molecule has 0 aliphatic rings. The summed E-state index contributed by atoms with van der Waals surface area (Å²) in [5.41, 5.74) is 4.88. The number of unbranched alkanes of at least 4 members (excludes halogenated alkanes) is 2. The molecule has 0 fully saturated rings. The van der Waals surface area contributed by atoms with Crippen LogP contribution < -0.4 is 0 Å². The van der Waals surface area contributed by atoms with Crippen molar-refractivity contribution in [2.24, 2.45) is 4.99 Å². The molecular formula is C27H20FNS. The van der Waals surface area contributed by atoms with Crippen molar-refractivity contribution in [3.8, 4) is 34.8 Å². The summed E-state index contributed by atoms with van der Waals surface area (Å²) < 4.78 is 13.9. The molecule has 30 heavy (non-hydrogen) atoms. The molecule has 0 heterocycles. The van der Waals surface area contributed by atoms with Crippen molar-refractivity contribution >= 4 is 23.1 Å². The zero-order chi connectivity index (χ0) is 21.2. The minimum atomic E-state index is -0.465. The lowest BCUT2D eigenvalue weighted by molar-refractivity contribution is 0.629. The molecule has 0 spiro atoms. The summed E-state index contributed by atoms with van der Waals surface area (Å²) in [7, 11) is 0. The Bertz CT molecular complexity index is 1180. The third kappa shape index (κ3) is 6.00. The topological polar surface area (TPSA) is 12.4 Å². The van der Waals surface area contributed by atoms with Crippen molar-refractivity contribution in [2.45, 2.75) is 26.2 Å². The zero-order valence-electron chi connectivity index (χ0n) is 16.7. The van der Waals surface area contributed by atoms with Gasteiger partial charge in [0.2, 0.25) is 0 Å². The lowest BCUT2D eigenvalue weighted by Crippen LogP contribution is -1.82. The van der Waals surface area contributed by atoms with E-state index < -0.39 is 5.82 Å². The highest BCUT2D eigenvalue weighted by Crippen LogP contribution is 2.21. The fourth-order valence-electron chi connectivity index (χ4n) is 2.79. The summed E-state index contributed by atoms with van der Waals surface area (Å²) in [4.78, 5) is 3.67. The van der Waals surface area contributed by atoms with Crippen LogP contribution in [0.4, 0.5) is 10.1 Å². The number of isothiocyanates is 1. The molecule has 0 radical (unpaired) electrons. The van der Waals surface area contributed by atoms with Gasteiger partial charge in [0.05, 0.1) is 5.16 Å². The first-order chi connectivity index (χ1) is 14.7. The van der Waals surface area contributed by atoms with Gasteiger partial charge < -0.3 is 0 Å². The molecule has 3 heteroatoms. The molecule has 3 rings (SSSR count). The van der Waals surface area contributed by atoms with Crippen LogP contribution in [0.3, 0.4) is 0 Å². The smallest absolute Gasteiger partial charge is 0.150 e. The highest BCUT2D eigenvalue weighted by atomic mass is 32.1. The summed E-state index contributed by atoms with van der Waals surface area (Å²) in [6.45, 7) is 2.17. The maximum absolute atomic E-state index is 13.9. The fourth-order valence-corrected chi connectivity index (χ4v) is 2.89. The maximum atomic E-state index is 13.9. The molecule has 0 atom stereocenters. The van der Waals surface area contributed by atoms with Crippen LogP contribution in [-0.2, 0) is 0 Å². The second-order valence-corrected chi connectivity index (χ2v) is 6.86. The lowest BCUT2D eigenvalue weighted by atomic mass is 10.0. The van der Waals surface area contributed by atoms with E-state index in [0.717, 1.165) is 35.1 Å². The molecule has 0 saturated heterocycles. The number of rotatable bonds is 4. The Morgan fingerprint density at radius 2 is 1.37 bits per heavy atom. The molecule has 0 aliphatic heterocycles. The molecule has 146 valence electrons. The highest BCUT2D eigenvalue weighted by Gasteiger charge is 2.01. The van der Waals surface area contributed by atoms with E-state index in [2.05, 4.69) is 65.1 Å². The van der Waals surface area contributed by atoms with Crippen LogP contribution in [0, 0.1) is 29.5 Å². The summed E-state index contributed by atoms with van der Waals surface area (Å²) in [6.07, 6.45) is 3.25. The number of aliphatic imine (C=N–C) groups is 1. The molecule has 0 saturated carbocycles. The molecule has 0 aromatic heterocycles. The third-order valence-corrected chi connectivity index (χ3v) is 4.55. The largest absolute Gasteiger partial charge is 0.205 e. The Hall–Kier alpha value is -3.49. The summed E-state index contributed by atoms with van der Waals surface area (Å²) in [5.74, 6) is 12.0. The minimum absolute atomic E-state index is 0.165. The third-order valence-electron chi connectivity index (χ3n) is 4.46. The fraction of sp³-hybridized carbons (Fsp3) is 0.148. The Balaban J connectivity index is 1.70. The molecular weight excluding hydrogens is 389 g/mol. The highest BCUT2D eigenvalue weighted by molar-refractivity contribution is 7.78. The molecule has 1 nitrogen and oxygen atoms in total. The summed E-state index contributed by atoms with van der Waals surface area (Å²) >= 11 is 4.50. The van der Waals surface area contributed by atoms with Crippen LogP contribution in [0.25, 0.3) is 11.1 Å². The Kier molecular flexibility index (Phi) is 7.71. The van der Waals surface area contributed by atoms with E-state index in [1.54, 1.807) is 12.1 Å². The van der Waals surface area contributed by atoms with Crippen molar-refractivity contribution in [3.63, 3.8) is 0 Å². The Morgan fingerprint density at radius 3 is 1.93 bits per heavy atom. The number of benzene rings is 3. The van der Waals surface area contributed by atoms with E-state index in [-0.39, 0.29) is 5.69 Å². The van der Waals surface area contributed by atoms with Gasteiger partial charge in [0.1, 0.15) is 5.69 Å². The number of thiocarbonyl (C=S) groups is 1. The number of hydrogen-bond donors (Lipinski definition) is 0. The van der Waals surface area contributed by atoms with Crippen LogP contribution in [0.5, 0.6) is 0 Å². The number of nitrogens with zero attached hydrogens (tertiary/aromatic N) is 1. The van der Waals surface area contributed by atoms with E-state index in [4.69, 9.17) is 0 Å². The predicted molar refractivity (Wildman–Crippen MR) is 125 cm³/mol. The van der Waals surface area contributed by atoms with Gasteiger partial charge >= 0.3 is 0 Å². The summed E-state index contributed by atoms with van der Waals surface area (Å²) in [5, 5.41) is 2.16. The minimum Gasteiger partial charge on any atom is -0.205 e. The first kappa shape index (κ1) is 21.2. The number of hydrogen-bond acceptors (Lipinski definition) is 2. The standard InChI is InChI=1S/C27H20FNS/c1-2-3-4-5-6-21-9-14-24(15-10-21)25-16-11-22(12-17-25)7-8-23-13-18-27(29-20-30)26(28)19-23/h9-19H,2-4H2,1H3. The van der Waals surface area contributed by atoms with Crippen molar-refractivity contribution < 1.29 is 4.39 Å². The van der Waals surface area contributed by atoms with Gasteiger partial charge in [-0.2, -0.15) is 4.99 Å². The zero-order valence-corrected chi connectivity index (χ0v) is 17.5. The maximum Gasteiger partial charge on any atom is 0.150 e. The average Bonchev–Trinajstić information content (AvgIpc) is 2.78. The van der Waals surface area contributed by atoms with Gasteiger partial charge in [-0.25, -0.2) is 4.39 Å². The van der Waals surface area contributed by atoms with Crippen molar-refractivity contribution in [1.29, 1.82) is 0 Å². The van der Waals surface area contributed by atoms with Gasteiger partial charge in [-0.1, -0.05) is 61.3 Å². The van der Waals surface area contributed by atoms with Crippen LogP contribution in [-0.4, -0.2) is 5.16 Å². The van der Waals surface area contributed by atoms with Gasteiger partial charge in [0.25, 0.3) is 0 Å². The lowest BCUT2D eigenvalue weighted by Gasteiger charge is -2.02. The molecule has 3 aromatic rings. The van der Waals surface area contributed by atoms with Gasteiger partial charge in [-0.05, 0) is 72.2 Å². The van der Waals surface area contributed by atoms with Gasteiger partial charge in [-0.15, -0.1) is 0 Å². The Labute approximate surface area is 182 Å². The van der Waals surface area contributed by atoms with Gasteiger partial charge in [-0.3, -0.25) is 0 Å². The second-order valence-electron chi connectivity index (χ2n) is 6.68. The average molecular weight is 410 g/mol. The molecule has 3 aromatic carbocycles. The van der Waals surface area contributed by atoms with Gasteiger partial charge in [0.15, 0.2) is 5.82 Å².